The maximum Gasteiger partial charge on any atom is 0.326 e. The highest BCUT2D eigenvalue weighted by Crippen LogP contribution is 2.33. The molecule has 0 aliphatic carbocycles. The van der Waals surface area contributed by atoms with Crippen molar-refractivity contribution < 1.29 is 23.1 Å². The van der Waals surface area contributed by atoms with Crippen LogP contribution in [0.3, 0.4) is 0 Å². The second kappa shape index (κ2) is 16.9. The Labute approximate surface area is 331 Å². The van der Waals surface area contributed by atoms with Gasteiger partial charge in [0.15, 0.2) is 0 Å². The number of aliphatic carboxylic acids is 1. The van der Waals surface area contributed by atoms with Crippen molar-refractivity contribution in [3.05, 3.63) is 204 Å². The number of benzene rings is 7. The van der Waals surface area contributed by atoms with Crippen LogP contribution in [0.5, 0.6) is 0 Å². The third-order valence-electron chi connectivity index (χ3n) is 9.51. The predicted molar refractivity (Wildman–Crippen MR) is 223 cm³/mol. The number of carbonyl (C=O) groups is 2. The fourth-order valence-corrected chi connectivity index (χ4v) is 8.16. The first-order valence-corrected chi connectivity index (χ1v) is 19.8. The molecule has 1 atom stereocenters. The fourth-order valence-electron chi connectivity index (χ4n) is 6.52. The largest absolute Gasteiger partial charge is 0.480 e. The maximum absolute atomic E-state index is 14.7. The van der Waals surface area contributed by atoms with Crippen molar-refractivity contribution in [2.75, 3.05) is 4.31 Å². The summed E-state index contributed by atoms with van der Waals surface area (Å²) in [7, 11) is -4.31. The van der Waals surface area contributed by atoms with Crippen molar-refractivity contribution in [2.45, 2.75) is 23.9 Å². The van der Waals surface area contributed by atoms with Gasteiger partial charge in [-0.2, -0.15) is 0 Å². The SMILES string of the molecule is O=C(NC(Cc1ccc(-c2ccccc2)cc1)C(=O)O)c1cc(Cl)ccc1N(Cc1ccc(-c2ccccc2)cc1)S(=O)(=O)c1ccc(-c2ccccc2)cc1. The van der Waals surface area contributed by atoms with Crippen LogP contribution in [-0.2, 0) is 27.8 Å². The molecule has 0 bridgehead atoms. The van der Waals surface area contributed by atoms with E-state index in [2.05, 4.69) is 5.32 Å². The van der Waals surface area contributed by atoms with Gasteiger partial charge in [-0.1, -0.05) is 163 Å². The molecule has 7 aromatic rings. The fraction of sp³-hybridized carbons (Fsp3) is 0.0638. The van der Waals surface area contributed by atoms with Gasteiger partial charge in [0.05, 0.1) is 22.7 Å². The predicted octanol–water partition coefficient (Wildman–Crippen LogP) is 10.2. The Balaban J connectivity index is 1.22. The maximum atomic E-state index is 14.7. The van der Waals surface area contributed by atoms with Crippen molar-refractivity contribution in [1.29, 1.82) is 0 Å². The molecule has 7 nitrogen and oxygen atoms in total. The van der Waals surface area contributed by atoms with Crippen molar-refractivity contribution >= 4 is 39.2 Å². The van der Waals surface area contributed by atoms with Gasteiger partial charge in [-0.05, 0) is 74.8 Å². The summed E-state index contributed by atoms with van der Waals surface area (Å²) in [6.45, 7) is -0.129. The molecule has 0 aliphatic heterocycles. The molecular formula is C47H37ClN2O5S. The van der Waals surface area contributed by atoms with Crippen LogP contribution in [0.2, 0.25) is 5.02 Å². The first kappa shape index (κ1) is 37.8. The molecule has 0 aromatic heterocycles. The molecule has 0 radical (unpaired) electrons. The van der Waals surface area contributed by atoms with Gasteiger partial charge in [0, 0.05) is 11.4 Å². The highest BCUT2D eigenvalue weighted by Gasteiger charge is 2.31. The van der Waals surface area contributed by atoms with Crippen LogP contribution in [0.1, 0.15) is 21.5 Å². The highest BCUT2D eigenvalue weighted by molar-refractivity contribution is 7.92. The molecule has 0 spiro atoms. The van der Waals surface area contributed by atoms with Crippen molar-refractivity contribution in [3.63, 3.8) is 0 Å². The molecule has 1 amide bonds. The number of carbonyl (C=O) groups excluding carboxylic acids is 1. The van der Waals surface area contributed by atoms with E-state index in [1.807, 2.05) is 140 Å². The van der Waals surface area contributed by atoms with Crippen molar-refractivity contribution in [1.82, 2.24) is 5.32 Å². The summed E-state index contributed by atoms with van der Waals surface area (Å²) in [6, 6.07) is 53.8. The van der Waals surface area contributed by atoms with Gasteiger partial charge in [0.25, 0.3) is 15.9 Å². The number of nitrogens with zero attached hydrogens (tertiary/aromatic N) is 1. The molecule has 278 valence electrons. The van der Waals surface area contributed by atoms with Gasteiger partial charge in [-0.15, -0.1) is 0 Å². The molecule has 0 fully saturated rings. The molecule has 0 saturated carbocycles. The number of carboxylic acid groups (broad SMARTS) is 1. The summed E-state index contributed by atoms with van der Waals surface area (Å²) in [5, 5.41) is 13.0. The lowest BCUT2D eigenvalue weighted by Crippen LogP contribution is -2.43. The minimum Gasteiger partial charge on any atom is -0.480 e. The number of rotatable bonds is 13. The van der Waals surface area contributed by atoms with Crippen LogP contribution in [0.4, 0.5) is 5.69 Å². The van der Waals surface area contributed by atoms with E-state index in [1.165, 1.54) is 22.5 Å². The van der Waals surface area contributed by atoms with E-state index in [1.54, 1.807) is 24.3 Å². The molecule has 9 heteroatoms. The topological polar surface area (TPSA) is 104 Å². The van der Waals surface area contributed by atoms with Crippen LogP contribution in [-0.4, -0.2) is 31.4 Å². The molecule has 2 N–H and O–H groups in total. The van der Waals surface area contributed by atoms with Gasteiger partial charge in [0.1, 0.15) is 6.04 Å². The first-order chi connectivity index (χ1) is 27.2. The van der Waals surface area contributed by atoms with E-state index in [0.717, 1.165) is 33.4 Å². The van der Waals surface area contributed by atoms with Crippen molar-refractivity contribution in [2.24, 2.45) is 0 Å². The number of anilines is 1. The Hall–Kier alpha value is -6.48. The molecule has 1 unspecified atom stereocenters. The zero-order chi connectivity index (χ0) is 39.1. The van der Waals surface area contributed by atoms with E-state index in [9.17, 15) is 23.1 Å². The lowest BCUT2D eigenvalue weighted by molar-refractivity contribution is -0.139. The van der Waals surface area contributed by atoms with Gasteiger partial charge in [0.2, 0.25) is 0 Å². The molecule has 0 saturated heterocycles. The number of sulfonamides is 1. The summed E-state index contributed by atoms with van der Waals surface area (Å²) in [5.74, 6) is -2.02. The minimum atomic E-state index is -4.31. The summed E-state index contributed by atoms with van der Waals surface area (Å²) in [5.41, 5.74) is 7.06. The summed E-state index contributed by atoms with van der Waals surface area (Å²) >= 11 is 6.44. The lowest BCUT2D eigenvalue weighted by atomic mass is 10.0. The Kier molecular flexibility index (Phi) is 11.4. The third-order valence-corrected chi connectivity index (χ3v) is 11.5. The monoisotopic (exact) mass is 776 g/mol. The van der Waals surface area contributed by atoms with Crippen LogP contribution in [0.25, 0.3) is 33.4 Å². The summed E-state index contributed by atoms with van der Waals surface area (Å²) < 4.78 is 30.6. The standard InChI is InChI=1S/C47H37ClN2O5S/c48-41-26-29-45(43(31-41)46(51)49-44(47(52)53)30-33-16-20-38(21-17-33)35-10-4-1-5-11-35)50(32-34-18-22-39(23-19-34)36-12-6-2-7-13-36)56(54,55)42-27-24-40(25-28-42)37-14-8-3-9-15-37/h1-29,31,44H,30,32H2,(H,49,51)(H,52,53). The number of hydrogen-bond acceptors (Lipinski definition) is 4. The molecule has 7 rings (SSSR count). The van der Waals surface area contributed by atoms with E-state index in [4.69, 9.17) is 11.6 Å². The average molecular weight is 777 g/mol. The summed E-state index contributed by atoms with van der Waals surface area (Å²) in [4.78, 5) is 26.7. The molecule has 7 aromatic carbocycles. The van der Waals surface area contributed by atoms with E-state index in [0.29, 0.717) is 11.1 Å². The number of nitrogens with one attached hydrogen (secondary N) is 1. The third kappa shape index (κ3) is 8.73. The van der Waals surface area contributed by atoms with Crippen molar-refractivity contribution in [3.8, 4) is 33.4 Å². The normalized spacial score (nSPS) is 11.7. The quantitative estimate of drug-likeness (QED) is 0.121. The van der Waals surface area contributed by atoms with E-state index in [-0.39, 0.29) is 34.1 Å². The second-order valence-electron chi connectivity index (χ2n) is 13.3. The highest BCUT2D eigenvalue weighted by atomic mass is 35.5. The minimum absolute atomic E-state index is 0.00438. The number of halogens is 1. The summed E-state index contributed by atoms with van der Waals surface area (Å²) in [6.07, 6.45) is -0.00438. The molecule has 56 heavy (non-hydrogen) atoms. The number of carboxylic acids is 1. The van der Waals surface area contributed by atoms with E-state index >= 15 is 0 Å². The van der Waals surface area contributed by atoms with Crippen LogP contribution in [0, 0.1) is 0 Å². The number of amides is 1. The lowest BCUT2D eigenvalue weighted by Gasteiger charge is -2.27. The average Bonchev–Trinajstić information content (AvgIpc) is 3.24. The van der Waals surface area contributed by atoms with Crippen LogP contribution >= 0.6 is 11.6 Å². The van der Waals surface area contributed by atoms with Crippen LogP contribution < -0.4 is 9.62 Å². The van der Waals surface area contributed by atoms with Crippen LogP contribution in [0.15, 0.2) is 187 Å². The molecule has 0 heterocycles. The second-order valence-corrected chi connectivity index (χ2v) is 15.6. The first-order valence-electron chi connectivity index (χ1n) is 18.0. The smallest absolute Gasteiger partial charge is 0.326 e. The zero-order valence-electron chi connectivity index (χ0n) is 30.1. The van der Waals surface area contributed by atoms with Gasteiger partial charge < -0.3 is 10.4 Å². The van der Waals surface area contributed by atoms with Gasteiger partial charge >= 0.3 is 5.97 Å². The Morgan fingerprint density at radius 2 is 1.00 bits per heavy atom. The van der Waals surface area contributed by atoms with Gasteiger partial charge in [-0.3, -0.25) is 9.10 Å². The zero-order valence-corrected chi connectivity index (χ0v) is 31.7. The van der Waals surface area contributed by atoms with Gasteiger partial charge in [-0.25, -0.2) is 13.2 Å². The Morgan fingerprint density at radius 3 is 1.46 bits per heavy atom. The Bertz CT molecular complexity index is 2550. The number of hydrogen-bond donors (Lipinski definition) is 2. The molecular weight excluding hydrogens is 740 g/mol. The molecule has 0 aliphatic rings. The Morgan fingerprint density at radius 1 is 0.571 bits per heavy atom. The van der Waals surface area contributed by atoms with E-state index < -0.39 is 27.9 Å².